The second kappa shape index (κ2) is 9.41. The van der Waals surface area contributed by atoms with Crippen molar-refractivity contribution in [3.63, 3.8) is 0 Å². The molecule has 0 heterocycles. The van der Waals surface area contributed by atoms with Gasteiger partial charge in [0.05, 0.1) is 10.6 Å². The molecule has 0 fully saturated rings. The van der Waals surface area contributed by atoms with Crippen LogP contribution in [-0.2, 0) is 11.4 Å². The molecule has 0 unspecified atom stereocenters. The third-order valence-corrected chi connectivity index (χ3v) is 4.38. The van der Waals surface area contributed by atoms with Crippen LogP contribution in [0.25, 0.3) is 0 Å². The summed E-state index contributed by atoms with van der Waals surface area (Å²) in [6.45, 7) is 0.256. The lowest BCUT2D eigenvalue weighted by Gasteiger charge is -2.08. The van der Waals surface area contributed by atoms with Crippen LogP contribution in [0.4, 0.5) is 4.39 Å². The summed E-state index contributed by atoms with van der Waals surface area (Å²) in [4.78, 5) is 16.9. The highest BCUT2D eigenvalue weighted by atomic mass is 35.5. The van der Waals surface area contributed by atoms with Crippen LogP contribution in [-0.4, -0.2) is 11.8 Å². The smallest absolute Gasteiger partial charge is 0.365 e. The average molecular weight is 433 g/mol. The third-order valence-electron chi connectivity index (χ3n) is 3.84. The summed E-state index contributed by atoms with van der Waals surface area (Å²) < 4.78 is 18.6. The molecule has 2 N–H and O–H groups in total. The van der Waals surface area contributed by atoms with Crippen LogP contribution >= 0.6 is 23.2 Å². The van der Waals surface area contributed by atoms with Crippen molar-refractivity contribution in [2.45, 2.75) is 6.61 Å². The average Bonchev–Trinajstić information content (AvgIpc) is 2.72. The normalized spacial score (nSPS) is 11.2. The van der Waals surface area contributed by atoms with E-state index in [0.717, 1.165) is 5.56 Å². The number of halogens is 3. The molecule has 3 aromatic rings. The number of oxime groups is 1. The molecule has 0 spiro atoms. The minimum absolute atomic E-state index is 0.0387. The predicted octanol–water partition coefficient (Wildman–Crippen LogP) is 5.19. The molecule has 0 bridgehead atoms. The van der Waals surface area contributed by atoms with E-state index in [1.54, 1.807) is 42.5 Å². The summed E-state index contributed by atoms with van der Waals surface area (Å²) in [6, 6.07) is 16.9. The lowest BCUT2D eigenvalue weighted by atomic mass is 10.1. The number of nitrogens with zero attached hydrogens (tertiary/aromatic N) is 1. The molecule has 0 aliphatic carbocycles. The molecule has 0 atom stereocenters. The first kappa shape index (κ1) is 20.6. The van der Waals surface area contributed by atoms with E-state index in [4.69, 9.17) is 38.5 Å². The van der Waals surface area contributed by atoms with Gasteiger partial charge in [0.1, 0.15) is 18.2 Å². The van der Waals surface area contributed by atoms with Crippen molar-refractivity contribution in [3.05, 3.63) is 99.3 Å². The second-order valence-corrected chi connectivity index (χ2v) is 6.77. The summed E-state index contributed by atoms with van der Waals surface area (Å²) in [7, 11) is 0. The first-order valence-electron chi connectivity index (χ1n) is 8.40. The SMILES string of the molecule is N/C(=N\OC(=O)c1ccc(COc2ccc(Cl)cc2Cl)cc1)c1ccc(F)cc1. The Hall–Kier alpha value is -3.09. The Kier molecular flexibility index (Phi) is 6.69. The Bertz CT molecular complexity index is 1040. The number of rotatable bonds is 6. The van der Waals surface area contributed by atoms with Crippen LogP contribution in [0.5, 0.6) is 5.75 Å². The Morgan fingerprint density at radius 3 is 2.28 bits per heavy atom. The maximum atomic E-state index is 12.9. The Morgan fingerprint density at radius 1 is 0.966 bits per heavy atom. The van der Waals surface area contributed by atoms with Crippen molar-refractivity contribution in [3.8, 4) is 5.75 Å². The van der Waals surface area contributed by atoms with Crippen LogP contribution in [0, 0.1) is 5.82 Å². The van der Waals surface area contributed by atoms with Gasteiger partial charge in [-0.1, -0.05) is 40.5 Å². The predicted molar refractivity (Wildman–Crippen MR) is 110 cm³/mol. The fourth-order valence-corrected chi connectivity index (χ4v) is 2.77. The highest BCUT2D eigenvalue weighted by Crippen LogP contribution is 2.28. The van der Waals surface area contributed by atoms with E-state index >= 15 is 0 Å². The standard InChI is InChI=1S/C21H15Cl2FN2O3/c22-16-7-10-19(18(23)11-16)28-12-13-1-3-15(4-2-13)21(27)29-26-20(25)14-5-8-17(24)9-6-14/h1-11H,12H2,(H2,25,26). The molecule has 8 heteroatoms. The van der Waals surface area contributed by atoms with Gasteiger partial charge in [-0.3, -0.25) is 0 Å². The van der Waals surface area contributed by atoms with Crippen LogP contribution in [0.1, 0.15) is 21.5 Å². The molecule has 3 aromatic carbocycles. The zero-order chi connectivity index (χ0) is 20.8. The molecular formula is C21H15Cl2FN2O3. The van der Waals surface area contributed by atoms with Gasteiger partial charge in [0.15, 0.2) is 5.84 Å². The molecule has 0 saturated heterocycles. The number of nitrogens with two attached hydrogens (primary N) is 1. The van der Waals surface area contributed by atoms with Crippen molar-refractivity contribution in [1.82, 2.24) is 0 Å². The van der Waals surface area contributed by atoms with Gasteiger partial charge in [-0.25, -0.2) is 9.18 Å². The van der Waals surface area contributed by atoms with E-state index in [-0.39, 0.29) is 18.0 Å². The molecule has 0 radical (unpaired) electrons. The number of hydrogen-bond donors (Lipinski definition) is 1. The van der Waals surface area contributed by atoms with Gasteiger partial charge in [-0.05, 0) is 60.2 Å². The Labute approximate surface area is 176 Å². The van der Waals surface area contributed by atoms with Crippen LogP contribution in [0.2, 0.25) is 10.0 Å². The van der Waals surface area contributed by atoms with E-state index < -0.39 is 11.8 Å². The topological polar surface area (TPSA) is 73.9 Å². The van der Waals surface area contributed by atoms with Crippen LogP contribution in [0.15, 0.2) is 71.9 Å². The third kappa shape index (κ3) is 5.70. The van der Waals surface area contributed by atoms with Gasteiger partial charge in [-0.15, -0.1) is 0 Å². The van der Waals surface area contributed by atoms with Crippen molar-refractivity contribution in [1.29, 1.82) is 0 Å². The summed E-state index contributed by atoms with van der Waals surface area (Å²) in [5.41, 5.74) is 7.27. The fraction of sp³-hybridized carbons (Fsp3) is 0.0476. The van der Waals surface area contributed by atoms with E-state index in [1.165, 1.54) is 24.3 Å². The molecule has 0 aromatic heterocycles. The molecule has 0 aliphatic heterocycles. The number of hydrogen-bond acceptors (Lipinski definition) is 4. The van der Waals surface area contributed by atoms with Crippen LogP contribution < -0.4 is 10.5 Å². The summed E-state index contributed by atoms with van der Waals surface area (Å²) >= 11 is 11.9. The van der Waals surface area contributed by atoms with Crippen molar-refractivity contribution >= 4 is 35.0 Å². The monoisotopic (exact) mass is 432 g/mol. The lowest BCUT2D eigenvalue weighted by molar-refractivity contribution is 0.0516. The minimum atomic E-state index is -0.678. The van der Waals surface area contributed by atoms with Crippen molar-refractivity contribution in [2.24, 2.45) is 10.9 Å². The van der Waals surface area contributed by atoms with E-state index in [9.17, 15) is 9.18 Å². The molecule has 0 saturated carbocycles. The minimum Gasteiger partial charge on any atom is -0.487 e. The largest absolute Gasteiger partial charge is 0.487 e. The van der Waals surface area contributed by atoms with Gasteiger partial charge in [-0.2, -0.15) is 0 Å². The maximum Gasteiger partial charge on any atom is 0.365 e. The van der Waals surface area contributed by atoms with E-state index in [1.807, 2.05) is 0 Å². The zero-order valence-electron chi connectivity index (χ0n) is 14.9. The molecule has 5 nitrogen and oxygen atoms in total. The maximum absolute atomic E-state index is 12.9. The number of carbonyl (C=O) groups excluding carboxylic acids is 1. The quantitative estimate of drug-likeness (QED) is 0.251. The van der Waals surface area contributed by atoms with Gasteiger partial charge < -0.3 is 15.3 Å². The molecule has 148 valence electrons. The lowest BCUT2D eigenvalue weighted by Crippen LogP contribution is -2.15. The Morgan fingerprint density at radius 2 is 1.62 bits per heavy atom. The van der Waals surface area contributed by atoms with Gasteiger partial charge >= 0.3 is 5.97 Å². The number of benzene rings is 3. The highest BCUT2D eigenvalue weighted by molar-refractivity contribution is 6.35. The first-order chi connectivity index (χ1) is 13.9. The number of ether oxygens (including phenoxy) is 1. The second-order valence-electron chi connectivity index (χ2n) is 5.92. The zero-order valence-corrected chi connectivity index (χ0v) is 16.5. The highest BCUT2D eigenvalue weighted by Gasteiger charge is 2.09. The molecule has 0 amide bonds. The molecule has 0 aliphatic rings. The number of carbonyl (C=O) groups is 1. The Balaban J connectivity index is 1.58. The summed E-state index contributed by atoms with van der Waals surface area (Å²) in [6.07, 6.45) is 0. The van der Waals surface area contributed by atoms with Crippen molar-refractivity contribution in [2.75, 3.05) is 0 Å². The van der Waals surface area contributed by atoms with Gasteiger partial charge in [0.25, 0.3) is 0 Å². The van der Waals surface area contributed by atoms with Gasteiger partial charge in [0.2, 0.25) is 0 Å². The fourth-order valence-electron chi connectivity index (χ4n) is 2.31. The van der Waals surface area contributed by atoms with Gasteiger partial charge in [0, 0.05) is 10.6 Å². The molecular weight excluding hydrogens is 418 g/mol. The number of amidine groups is 1. The van der Waals surface area contributed by atoms with E-state index in [2.05, 4.69) is 5.16 Å². The van der Waals surface area contributed by atoms with Crippen molar-refractivity contribution < 1.29 is 18.8 Å². The molecule has 29 heavy (non-hydrogen) atoms. The summed E-state index contributed by atoms with van der Waals surface area (Å²) in [5, 5.41) is 4.52. The van der Waals surface area contributed by atoms with Crippen LogP contribution in [0.3, 0.4) is 0 Å². The summed E-state index contributed by atoms with van der Waals surface area (Å²) in [5.74, 6) is -0.613. The molecule has 3 rings (SSSR count). The van der Waals surface area contributed by atoms with E-state index in [0.29, 0.717) is 21.4 Å². The first-order valence-corrected chi connectivity index (χ1v) is 9.15.